The van der Waals surface area contributed by atoms with E-state index in [0.717, 1.165) is 0 Å². The Bertz CT molecular complexity index is 1230. The maximum absolute atomic E-state index is 12.7. The quantitative estimate of drug-likeness (QED) is 0.419. The van der Waals surface area contributed by atoms with E-state index in [0.29, 0.717) is 22.6 Å². The number of Topliss-reactive ketones (excluding diaryl/α,β-unsaturated/α-hetero) is 1. The van der Waals surface area contributed by atoms with E-state index in [1.165, 1.54) is 45.4 Å². The molecule has 0 aliphatic heterocycles. The van der Waals surface area contributed by atoms with Gasteiger partial charge in [0.25, 0.3) is 5.91 Å². The molecule has 0 aliphatic carbocycles. The fourth-order valence-corrected chi connectivity index (χ4v) is 3.01. The van der Waals surface area contributed by atoms with Gasteiger partial charge in [-0.15, -0.1) is 0 Å². The summed E-state index contributed by atoms with van der Waals surface area (Å²) < 4.78 is 15.3. The van der Waals surface area contributed by atoms with Gasteiger partial charge in [-0.3, -0.25) is 9.59 Å². The number of hydrogen-bond donors (Lipinski definition) is 1. The average Bonchev–Trinajstić information content (AvgIpc) is 2.84. The molecule has 0 aromatic heterocycles. The predicted molar refractivity (Wildman–Crippen MR) is 120 cm³/mol. The predicted octanol–water partition coefficient (Wildman–Crippen LogP) is 4.51. The number of rotatable bonds is 7. The number of hydrogen-bond acceptors (Lipinski definition) is 7. The van der Waals surface area contributed by atoms with Gasteiger partial charge in [0.15, 0.2) is 11.5 Å². The van der Waals surface area contributed by atoms with Gasteiger partial charge in [-0.2, -0.15) is 0 Å². The van der Waals surface area contributed by atoms with E-state index in [4.69, 9.17) is 14.2 Å². The number of para-hydroxylation sites is 2. The van der Waals surface area contributed by atoms with Crippen molar-refractivity contribution < 1.29 is 33.4 Å². The highest BCUT2D eigenvalue weighted by atomic mass is 16.5. The molecule has 8 nitrogen and oxygen atoms in total. The maximum atomic E-state index is 12.7. The minimum atomic E-state index is -0.729. The average molecular weight is 447 g/mol. The summed E-state index contributed by atoms with van der Waals surface area (Å²) in [7, 11) is 2.40. The smallest absolute Gasteiger partial charge is 0.338 e. The zero-order valence-electron chi connectivity index (χ0n) is 18.2. The van der Waals surface area contributed by atoms with Crippen molar-refractivity contribution in [3.05, 3.63) is 89.0 Å². The highest BCUT2D eigenvalue weighted by molar-refractivity contribution is 6.07. The largest absolute Gasteiger partial charge is 0.465 e. The van der Waals surface area contributed by atoms with Crippen molar-refractivity contribution in [2.45, 2.75) is 6.92 Å². The summed E-state index contributed by atoms with van der Waals surface area (Å²) in [5, 5.41) is 2.76. The molecule has 168 valence electrons. The fourth-order valence-electron chi connectivity index (χ4n) is 3.01. The number of ketones is 1. The van der Waals surface area contributed by atoms with Crippen LogP contribution >= 0.6 is 0 Å². The lowest BCUT2D eigenvalue weighted by atomic mass is 10.1. The van der Waals surface area contributed by atoms with E-state index in [1.807, 2.05) is 0 Å². The third kappa shape index (κ3) is 5.43. The molecule has 3 aromatic carbocycles. The number of ether oxygens (including phenoxy) is 3. The summed E-state index contributed by atoms with van der Waals surface area (Å²) in [4.78, 5) is 48.4. The molecule has 1 amide bonds. The van der Waals surface area contributed by atoms with E-state index < -0.39 is 17.8 Å². The van der Waals surface area contributed by atoms with Crippen molar-refractivity contribution in [2.24, 2.45) is 0 Å². The molecule has 0 saturated carbocycles. The van der Waals surface area contributed by atoms with Crippen molar-refractivity contribution in [1.29, 1.82) is 0 Å². The van der Waals surface area contributed by atoms with Gasteiger partial charge in [-0.25, -0.2) is 9.59 Å². The molecule has 0 atom stereocenters. The minimum absolute atomic E-state index is 0.0237. The number of carbonyl (C=O) groups is 4. The van der Waals surface area contributed by atoms with Crippen LogP contribution in [0.1, 0.15) is 48.4 Å². The summed E-state index contributed by atoms with van der Waals surface area (Å²) in [5.74, 6) is -1.45. The Balaban J connectivity index is 1.89. The van der Waals surface area contributed by atoms with Crippen LogP contribution in [-0.2, 0) is 9.47 Å². The first kappa shape index (κ1) is 23.2. The van der Waals surface area contributed by atoms with Gasteiger partial charge in [-0.1, -0.05) is 24.3 Å². The monoisotopic (exact) mass is 447 g/mol. The zero-order valence-corrected chi connectivity index (χ0v) is 18.2. The van der Waals surface area contributed by atoms with Crippen molar-refractivity contribution >= 4 is 29.3 Å². The highest BCUT2D eigenvalue weighted by Gasteiger charge is 2.20. The van der Waals surface area contributed by atoms with Crippen molar-refractivity contribution in [2.75, 3.05) is 19.5 Å². The lowest BCUT2D eigenvalue weighted by molar-refractivity contribution is 0.0555. The van der Waals surface area contributed by atoms with E-state index in [2.05, 4.69) is 5.32 Å². The highest BCUT2D eigenvalue weighted by Crippen LogP contribution is 2.31. The van der Waals surface area contributed by atoms with Crippen LogP contribution in [0, 0.1) is 0 Å². The van der Waals surface area contributed by atoms with Crippen LogP contribution in [0.4, 0.5) is 5.69 Å². The maximum Gasteiger partial charge on any atom is 0.338 e. The molecule has 0 bridgehead atoms. The molecule has 3 rings (SSSR count). The number of nitrogens with one attached hydrogen (secondary N) is 1. The molecule has 0 radical (unpaired) electrons. The molecular formula is C25H21NO7. The Labute approximate surface area is 190 Å². The van der Waals surface area contributed by atoms with E-state index in [9.17, 15) is 19.2 Å². The Morgan fingerprint density at radius 3 is 2.09 bits per heavy atom. The molecule has 0 unspecified atom stereocenters. The molecule has 0 aliphatic rings. The Hall–Kier alpha value is -4.46. The van der Waals surface area contributed by atoms with Crippen LogP contribution < -0.4 is 10.1 Å². The second-order valence-corrected chi connectivity index (χ2v) is 6.88. The fraction of sp³-hybridized carbons (Fsp3) is 0.120. The van der Waals surface area contributed by atoms with Crippen LogP contribution in [0.25, 0.3) is 0 Å². The summed E-state index contributed by atoms with van der Waals surface area (Å²) >= 11 is 0. The van der Waals surface area contributed by atoms with E-state index in [-0.39, 0.29) is 22.7 Å². The van der Waals surface area contributed by atoms with Crippen molar-refractivity contribution in [3.8, 4) is 11.5 Å². The van der Waals surface area contributed by atoms with Crippen LogP contribution in [0.3, 0.4) is 0 Å². The SMILES string of the molecule is COC(=O)c1ccc(Oc2ccccc2NC(=O)c2cccc(C(C)=O)c2)cc1C(=O)OC. The Kier molecular flexibility index (Phi) is 7.20. The number of methoxy groups -OCH3 is 2. The molecule has 8 heteroatoms. The van der Waals surface area contributed by atoms with Crippen molar-refractivity contribution in [3.63, 3.8) is 0 Å². The first-order valence-electron chi connectivity index (χ1n) is 9.84. The van der Waals surface area contributed by atoms with Crippen LogP contribution in [0.15, 0.2) is 66.7 Å². The summed E-state index contributed by atoms with van der Waals surface area (Å²) in [6.07, 6.45) is 0. The van der Waals surface area contributed by atoms with Gasteiger partial charge < -0.3 is 19.5 Å². The molecule has 0 fully saturated rings. The Morgan fingerprint density at radius 1 is 0.727 bits per heavy atom. The first-order valence-corrected chi connectivity index (χ1v) is 9.84. The summed E-state index contributed by atoms with van der Waals surface area (Å²) in [5.41, 5.74) is 1.11. The van der Waals surface area contributed by atoms with Gasteiger partial charge in [0.2, 0.25) is 0 Å². The second-order valence-electron chi connectivity index (χ2n) is 6.88. The molecule has 1 N–H and O–H groups in total. The van der Waals surface area contributed by atoms with Crippen LogP contribution in [0.2, 0.25) is 0 Å². The molecule has 0 heterocycles. The molecule has 33 heavy (non-hydrogen) atoms. The van der Waals surface area contributed by atoms with E-state index >= 15 is 0 Å². The normalized spacial score (nSPS) is 10.2. The molecular weight excluding hydrogens is 426 g/mol. The van der Waals surface area contributed by atoms with Gasteiger partial charge in [0, 0.05) is 11.1 Å². The van der Waals surface area contributed by atoms with Crippen LogP contribution in [0.5, 0.6) is 11.5 Å². The molecule has 3 aromatic rings. The second kappa shape index (κ2) is 10.2. The molecule has 0 spiro atoms. The van der Waals surface area contributed by atoms with Crippen molar-refractivity contribution in [1.82, 2.24) is 0 Å². The third-order valence-electron chi connectivity index (χ3n) is 4.70. The minimum Gasteiger partial charge on any atom is -0.465 e. The zero-order chi connectivity index (χ0) is 24.0. The van der Waals surface area contributed by atoms with Gasteiger partial charge in [0.05, 0.1) is 31.0 Å². The summed E-state index contributed by atoms with van der Waals surface area (Å²) in [6, 6.07) is 17.3. The standard InChI is InChI=1S/C25H21NO7/c1-15(27)16-7-6-8-17(13-16)23(28)26-21-9-4-5-10-22(21)33-18-11-12-19(24(29)31-2)20(14-18)25(30)32-3/h4-14H,1-3H3,(H,26,28). The number of esters is 2. The van der Waals surface area contributed by atoms with Gasteiger partial charge >= 0.3 is 11.9 Å². The van der Waals surface area contributed by atoms with E-state index in [1.54, 1.807) is 42.5 Å². The topological polar surface area (TPSA) is 108 Å². The number of benzene rings is 3. The van der Waals surface area contributed by atoms with Gasteiger partial charge in [-0.05, 0) is 49.4 Å². The lowest BCUT2D eigenvalue weighted by Crippen LogP contribution is -2.13. The molecule has 0 saturated heterocycles. The number of amides is 1. The lowest BCUT2D eigenvalue weighted by Gasteiger charge is -2.14. The first-order chi connectivity index (χ1) is 15.8. The number of carbonyl (C=O) groups excluding carboxylic acids is 4. The van der Waals surface area contributed by atoms with Gasteiger partial charge in [0.1, 0.15) is 5.75 Å². The number of anilines is 1. The third-order valence-corrected chi connectivity index (χ3v) is 4.70. The summed E-state index contributed by atoms with van der Waals surface area (Å²) in [6.45, 7) is 1.42. The Morgan fingerprint density at radius 2 is 1.39 bits per heavy atom. The van der Waals surface area contributed by atoms with Crippen LogP contribution in [-0.4, -0.2) is 37.8 Å².